The van der Waals surface area contributed by atoms with Gasteiger partial charge < -0.3 is 11.1 Å². The van der Waals surface area contributed by atoms with Crippen molar-refractivity contribution in [3.8, 4) is 0 Å². The quantitative estimate of drug-likeness (QED) is 0.599. The highest BCUT2D eigenvalue weighted by Gasteiger charge is 1.99. The smallest absolute Gasteiger partial charge is 0.151 e. The van der Waals surface area contributed by atoms with Crippen LogP contribution in [0.1, 0.15) is 0 Å². The molecule has 0 fully saturated rings. The summed E-state index contributed by atoms with van der Waals surface area (Å²) in [6.07, 6.45) is 2.05. The van der Waals surface area contributed by atoms with E-state index in [2.05, 4.69) is 16.6 Å². The van der Waals surface area contributed by atoms with Crippen LogP contribution in [-0.2, 0) is 0 Å². The molecule has 5 heteroatoms. The van der Waals surface area contributed by atoms with Crippen LogP contribution < -0.4 is 11.1 Å². The molecule has 0 aliphatic carbocycles. The first-order valence-electron chi connectivity index (χ1n) is 3.89. The molecule has 3 nitrogen and oxygen atoms in total. The van der Waals surface area contributed by atoms with Gasteiger partial charge in [0.15, 0.2) is 5.82 Å². The minimum atomic E-state index is 0.459. The summed E-state index contributed by atoms with van der Waals surface area (Å²) >= 11 is 7.48. The van der Waals surface area contributed by atoms with Gasteiger partial charge in [0.25, 0.3) is 0 Å². The van der Waals surface area contributed by atoms with Gasteiger partial charge in [-0.3, -0.25) is 0 Å². The van der Waals surface area contributed by atoms with Crippen molar-refractivity contribution in [3.63, 3.8) is 0 Å². The fourth-order valence-corrected chi connectivity index (χ4v) is 1.31. The molecule has 1 aromatic heterocycles. The molecule has 0 aromatic carbocycles. The molecule has 0 aliphatic rings. The van der Waals surface area contributed by atoms with E-state index in [0.29, 0.717) is 16.7 Å². The number of rotatable bonds is 4. The van der Waals surface area contributed by atoms with Crippen molar-refractivity contribution in [2.24, 2.45) is 0 Å². The van der Waals surface area contributed by atoms with E-state index in [1.807, 2.05) is 0 Å². The maximum atomic E-state index is 5.72. The zero-order chi connectivity index (χ0) is 9.68. The maximum absolute atomic E-state index is 5.72. The van der Waals surface area contributed by atoms with Crippen molar-refractivity contribution in [2.75, 3.05) is 29.6 Å². The van der Waals surface area contributed by atoms with E-state index in [9.17, 15) is 0 Å². The van der Waals surface area contributed by atoms with Crippen LogP contribution in [0.3, 0.4) is 0 Å². The minimum absolute atomic E-state index is 0.459. The van der Waals surface area contributed by atoms with Gasteiger partial charge in [-0.25, -0.2) is 4.98 Å². The molecule has 1 aromatic rings. The number of hydrogen-bond acceptors (Lipinski definition) is 4. The van der Waals surface area contributed by atoms with Gasteiger partial charge in [0.05, 0.1) is 5.69 Å². The predicted octanol–water partition coefficient (Wildman–Crippen LogP) is 2.09. The van der Waals surface area contributed by atoms with Gasteiger partial charge in [-0.1, -0.05) is 11.6 Å². The summed E-state index contributed by atoms with van der Waals surface area (Å²) in [6, 6.07) is 3.42. The molecule has 0 unspecified atom stereocenters. The molecule has 1 rings (SSSR count). The van der Waals surface area contributed by atoms with Crippen molar-refractivity contribution in [2.45, 2.75) is 0 Å². The molecule has 1 heterocycles. The summed E-state index contributed by atoms with van der Waals surface area (Å²) in [4.78, 5) is 4.06. The molecular formula is C8H12ClN3S. The normalized spacial score (nSPS) is 10.0. The lowest BCUT2D eigenvalue weighted by Gasteiger charge is -2.06. The van der Waals surface area contributed by atoms with Gasteiger partial charge in [0.1, 0.15) is 5.15 Å². The van der Waals surface area contributed by atoms with Crippen LogP contribution in [0.5, 0.6) is 0 Å². The van der Waals surface area contributed by atoms with Crippen molar-refractivity contribution < 1.29 is 0 Å². The number of nitrogens with two attached hydrogens (primary N) is 1. The molecule has 72 valence electrons. The van der Waals surface area contributed by atoms with Gasteiger partial charge in [-0.05, 0) is 18.4 Å². The van der Waals surface area contributed by atoms with E-state index >= 15 is 0 Å². The lowest BCUT2D eigenvalue weighted by molar-refractivity contribution is 1.17. The van der Waals surface area contributed by atoms with E-state index in [0.717, 1.165) is 12.3 Å². The third kappa shape index (κ3) is 3.32. The second-order valence-corrected chi connectivity index (χ2v) is 3.86. The van der Waals surface area contributed by atoms with E-state index < -0.39 is 0 Å². The lowest BCUT2D eigenvalue weighted by atomic mass is 10.4. The van der Waals surface area contributed by atoms with E-state index in [-0.39, 0.29) is 0 Å². The van der Waals surface area contributed by atoms with Crippen LogP contribution in [-0.4, -0.2) is 23.5 Å². The zero-order valence-electron chi connectivity index (χ0n) is 7.38. The van der Waals surface area contributed by atoms with Crippen LogP contribution in [0.15, 0.2) is 12.1 Å². The zero-order valence-corrected chi connectivity index (χ0v) is 8.95. The van der Waals surface area contributed by atoms with E-state index in [4.69, 9.17) is 17.3 Å². The summed E-state index contributed by atoms with van der Waals surface area (Å²) in [7, 11) is 0. The number of anilines is 2. The van der Waals surface area contributed by atoms with Crippen LogP contribution in [0.25, 0.3) is 0 Å². The third-order valence-corrected chi connectivity index (χ3v) is 2.31. The highest BCUT2D eigenvalue weighted by molar-refractivity contribution is 7.98. The molecule has 0 atom stereocenters. The van der Waals surface area contributed by atoms with Crippen LogP contribution in [0, 0.1) is 0 Å². The van der Waals surface area contributed by atoms with E-state index in [1.54, 1.807) is 23.9 Å². The maximum Gasteiger partial charge on any atom is 0.151 e. The van der Waals surface area contributed by atoms with Crippen LogP contribution in [0.4, 0.5) is 11.5 Å². The topological polar surface area (TPSA) is 50.9 Å². The van der Waals surface area contributed by atoms with Gasteiger partial charge >= 0.3 is 0 Å². The lowest BCUT2D eigenvalue weighted by Crippen LogP contribution is -2.07. The van der Waals surface area contributed by atoms with Gasteiger partial charge in [0.2, 0.25) is 0 Å². The highest BCUT2D eigenvalue weighted by Crippen LogP contribution is 2.17. The number of nitrogens with zero attached hydrogens (tertiary/aromatic N) is 1. The molecule has 0 bridgehead atoms. The number of nitrogen functional groups attached to an aromatic ring is 1. The number of hydrogen-bond donors (Lipinski definition) is 2. The van der Waals surface area contributed by atoms with Crippen LogP contribution >= 0.6 is 23.4 Å². The Balaban J connectivity index is 2.59. The Kier molecular flexibility index (Phi) is 4.18. The largest absolute Gasteiger partial charge is 0.396 e. The first-order valence-corrected chi connectivity index (χ1v) is 5.66. The molecule has 0 amide bonds. The molecule has 0 radical (unpaired) electrons. The second-order valence-electron chi connectivity index (χ2n) is 2.49. The molecule has 3 N–H and O–H groups in total. The Morgan fingerprint density at radius 3 is 3.08 bits per heavy atom. The summed E-state index contributed by atoms with van der Waals surface area (Å²) in [5, 5.41) is 3.57. The molecule has 13 heavy (non-hydrogen) atoms. The number of aromatic nitrogens is 1. The summed E-state index contributed by atoms with van der Waals surface area (Å²) < 4.78 is 0. The van der Waals surface area contributed by atoms with Crippen molar-refractivity contribution in [1.29, 1.82) is 0 Å². The average molecular weight is 218 g/mol. The summed E-state index contributed by atoms with van der Waals surface area (Å²) in [5.74, 6) is 1.69. The van der Waals surface area contributed by atoms with Crippen molar-refractivity contribution in [1.82, 2.24) is 4.98 Å². The second kappa shape index (κ2) is 5.19. The SMILES string of the molecule is CSCCNc1nc(Cl)ccc1N. The Labute approximate surface area is 87.1 Å². The van der Waals surface area contributed by atoms with Crippen molar-refractivity contribution >= 4 is 34.9 Å². The first kappa shape index (κ1) is 10.5. The monoisotopic (exact) mass is 217 g/mol. The Hall–Kier alpha value is -0.610. The molecular weight excluding hydrogens is 206 g/mol. The fraction of sp³-hybridized carbons (Fsp3) is 0.375. The van der Waals surface area contributed by atoms with E-state index in [1.165, 1.54) is 0 Å². The Morgan fingerprint density at radius 2 is 2.38 bits per heavy atom. The fourth-order valence-electron chi connectivity index (χ4n) is 0.859. The molecule has 0 saturated heterocycles. The van der Waals surface area contributed by atoms with Crippen molar-refractivity contribution in [3.05, 3.63) is 17.3 Å². The molecule has 0 saturated carbocycles. The average Bonchev–Trinajstić information content (AvgIpc) is 2.11. The summed E-state index contributed by atoms with van der Waals surface area (Å²) in [6.45, 7) is 0.846. The number of pyridine rings is 1. The number of nitrogens with one attached hydrogen (secondary N) is 1. The predicted molar refractivity (Wildman–Crippen MR) is 60.5 cm³/mol. The molecule has 0 spiro atoms. The van der Waals surface area contributed by atoms with Gasteiger partial charge in [-0.15, -0.1) is 0 Å². The Bertz CT molecular complexity index is 280. The third-order valence-electron chi connectivity index (χ3n) is 1.49. The number of halogens is 1. The minimum Gasteiger partial charge on any atom is -0.396 e. The summed E-state index contributed by atoms with van der Waals surface area (Å²) in [5.41, 5.74) is 6.31. The first-order chi connectivity index (χ1) is 6.24. The standard InChI is InChI=1S/C8H12ClN3S/c1-13-5-4-11-8-6(10)2-3-7(9)12-8/h2-3H,4-5,10H2,1H3,(H,11,12). The van der Waals surface area contributed by atoms with Gasteiger partial charge in [0, 0.05) is 12.3 Å². The highest BCUT2D eigenvalue weighted by atomic mass is 35.5. The van der Waals surface area contributed by atoms with Gasteiger partial charge in [-0.2, -0.15) is 11.8 Å². The Morgan fingerprint density at radius 1 is 1.62 bits per heavy atom. The molecule has 0 aliphatic heterocycles. The van der Waals surface area contributed by atoms with Crippen LogP contribution in [0.2, 0.25) is 5.15 Å². The number of thioether (sulfide) groups is 1.